The molecule has 14 heavy (non-hydrogen) atoms. The quantitative estimate of drug-likeness (QED) is 0.709. The molecule has 2 fully saturated rings. The number of benzene rings is 1. The summed E-state index contributed by atoms with van der Waals surface area (Å²) in [5.74, 6) is 0. The van der Waals surface area contributed by atoms with Crippen molar-refractivity contribution in [1.82, 2.24) is 5.32 Å². The zero-order chi connectivity index (χ0) is 9.43. The minimum Gasteiger partial charge on any atom is -0.374 e. The molecule has 1 N–H and O–H groups in total. The maximum Gasteiger partial charge on any atom is 0.139 e. The molecule has 0 atom stereocenters. The molecule has 3 heteroatoms. The molecule has 1 aromatic carbocycles. The van der Waals surface area contributed by atoms with E-state index in [4.69, 9.17) is 4.74 Å². The van der Waals surface area contributed by atoms with E-state index in [-0.39, 0.29) is 5.66 Å². The number of nitrogens with one attached hydrogen (secondary N) is 1. The monoisotopic (exact) mass is 190 g/mol. The second kappa shape index (κ2) is 2.97. The van der Waals surface area contributed by atoms with Crippen molar-refractivity contribution in [1.29, 1.82) is 0 Å². The van der Waals surface area contributed by atoms with Crippen molar-refractivity contribution in [2.24, 2.45) is 0 Å². The van der Waals surface area contributed by atoms with E-state index in [1.54, 1.807) is 0 Å². The molecule has 0 aliphatic carbocycles. The highest BCUT2D eigenvalue weighted by Crippen LogP contribution is 2.30. The van der Waals surface area contributed by atoms with Gasteiger partial charge < -0.3 is 9.64 Å². The summed E-state index contributed by atoms with van der Waals surface area (Å²) < 4.78 is 5.31. The van der Waals surface area contributed by atoms with Gasteiger partial charge in [0.05, 0.1) is 13.2 Å². The fraction of sp³-hybridized carbons (Fsp3) is 0.455. The summed E-state index contributed by atoms with van der Waals surface area (Å²) in [5, 5.41) is 3.52. The van der Waals surface area contributed by atoms with Gasteiger partial charge in [-0.3, -0.25) is 5.32 Å². The number of hydrogen-bond donors (Lipinski definition) is 1. The van der Waals surface area contributed by atoms with E-state index in [0.29, 0.717) is 0 Å². The predicted octanol–water partition coefficient (Wildman–Crippen LogP) is 0.823. The third-order valence-electron chi connectivity index (χ3n) is 3.06. The highest BCUT2D eigenvalue weighted by molar-refractivity contribution is 5.50. The van der Waals surface area contributed by atoms with Crippen LogP contribution in [0.15, 0.2) is 30.3 Å². The molecule has 2 aliphatic rings. The Morgan fingerprint density at radius 2 is 2.00 bits per heavy atom. The molecule has 3 rings (SSSR count). The van der Waals surface area contributed by atoms with Gasteiger partial charge in [-0.2, -0.15) is 0 Å². The van der Waals surface area contributed by atoms with Crippen LogP contribution >= 0.6 is 0 Å². The topological polar surface area (TPSA) is 24.5 Å². The van der Waals surface area contributed by atoms with Crippen LogP contribution in [0, 0.1) is 0 Å². The summed E-state index contributed by atoms with van der Waals surface area (Å²) in [4.78, 5) is 2.41. The number of hydrogen-bond acceptors (Lipinski definition) is 3. The van der Waals surface area contributed by atoms with Crippen LogP contribution in [0.2, 0.25) is 0 Å². The molecule has 74 valence electrons. The van der Waals surface area contributed by atoms with E-state index in [9.17, 15) is 0 Å². The lowest BCUT2D eigenvalue weighted by Crippen LogP contribution is -2.65. The maximum absolute atomic E-state index is 5.31. The molecule has 0 aromatic heterocycles. The van der Waals surface area contributed by atoms with E-state index in [1.807, 2.05) is 0 Å². The van der Waals surface area contributed by atoms with E-state index < -0.39 is 0 Å². The van der Waals surface area contributed by atoms with Gasteiger partial charge in [-0.05, 0) is 12.1 Å². The molecule has 0 radical (unpaired) electrons. The van der Waals surface area contributed by atoms with Crippen molar-refractivity contribution in [3.63, 3.8) is 0 Å². The zero-order valence-electron chi connectivity index (χ0n) is 8.07. The lowest BCUT2D eigenvalue weighted by Gasteiger charge is -2.45. The summed E-state index contributed by atoms with van der Waals surface area (Å²) in [7, 11) is 0. The van der Waals surface area contributed by atoms with E-state index in [0.717, 1.165) is 26.3 Å². The van der Waals surface area contributed by atoms with E-state index in [2.05, 4.69) is 40.5 Å². The Hall–Kier alpha value is -1.06. The molecule has 2 aliphatic heterocycles. The average molecular weight is 190 g/mol. The van der Waals surface area contributed by atoms with Gasteiger partial charge in [-0.25, -0.2) is 0 Å². The number of para-hydroxylation sites is 1. The second-order valence-electron chi connectivity index (χ2n) is 3.94. The van der Waals surface area contributed by atoms with Gasteiger partial charge in [0.1, 0.15) is 5.66 Å². The molecular formula is C11H14N2O. The smallest absolute Gasteiger partial charge is 0.139 e. The van der Waals surface area contributed by atoms with E-state index >= 15 is 0 Å². The van der Waals surface area contributed by atoms with Crippen molar-refractivity contribution >= 4 is 5.69 Å². The third kappa shape index (κ3) is 1.06. The van der Waals surface area contributed by atoms with Crippen molar-refractivity contribution in [2.45, 2.75) is 5.66 Å². The fourth-order valence-corrected chi connectivity index (χ4v) is 2.25. The van der Waals surface area contributed by atoms with Crippen molar-refractivity contribution in [3.05, 3.63) is 30.3 Å². The minimum atomic E-state index is 0.0986. The molecule has 2 saturated heterocycles. The number of nitrogens with zero attached hydrogens (tertiary/aromatic N) is 1. The molecule has 0 amide bonds. The molecule has 2 heterocycles. The largest absolute Gasteiger partial charge is 0.374 e. The first-order valence-electron chi connectivity index (χ1n) is 5.06. The normalized spacial score (nSPS) is 23.9. The maximum atomic E-state index is 5.31. The third-order valence-corrected chi connectivity index (χ3v) is 3.06. The number of ether oxygens (including phenoxy) is 1. The van der Waals surface area contributed by atoms with Crippen LogP contribution in [-0.4, -0.2) is 32.0 Å². The van der Waals surface area contributed by atoms with Crippen LogP contribution < -0.4 is 10.2 Å². The Morgan fingerprint density at radius 1 is 1.21 bits per heavy atom. The van der Waals surface area contributed by atoms with Crippen LogP contribution in [0.3, 0.4) is 0 Å². The minimum absolute atomic E-state index is 0.0986. The van der Waals surface area contributed by atoms with Crippen molar-refractivity contribution < 1.29 is 4.74 Å². The predicted molar refractivity (Wildman–Crippen MR) is 55.3 cm³/mol. The van der Waals surface area contributed by atoms with Gasteiger partial charge in [-0.1, -0.05) is 18.2 Å². The Bertz CT molecular complexity index is 321. The van der Waals surface area contributed by atoms with Gasteiger partial charge in [-0.15, -0.1) is 0 Å². The van der Waals surface area contributed by atoms with Crippen LogP contribution in [0.1, 0.15) is 0 Å². The van der Waals surface area contributed by atoms with E-state index in [1.165, 1.54) is 5.69 Å². The molecule has 1 spiro atoms. The first-order chi connectivity index (χ1) is 6.91. The van der Waals surface area contributed by atoms with Crippen LogP contribution in [0.25, 0.3) is 0 Å². The van der Waals surface area contributed by atoms with Gasteiger partial charge >= 0.3 is 0 Å². The summed E-state index contributed by atoms with van der Waals surface area (Å²) >= 11 is 0. The summed E-state index contributed by atoms with van der Waals surface area (Å²) in [6, 6.07) is 10.5. The first-order valence-corrected chi connectivity index (χ1v) is 5.06. The molecule has 0 bridgehead atoms. The molecule has 0 saturated carbocycles. The summed E-state index contributed by atoms with van der Waals surface area (Å²) in [6.07, 6.45) is 0. The number of anilines is 1. The zero-order valence-corrected chi connectivity index (χ0v) is 8.07. The molecule has 1 aromatic rings. The Kier molecular flexibility index (Phi) is 1.75. The lowest BCUT2D eigenvalue weighted by molar-refractivity contribution is -0.0622. The Balaban J connectivity index is 1.91. The van der Waals surface area contributed by atoms with Gasteiger partial charge in [0.25, 0.3) is 0 Å². The van der Waals surface area contributed by atoms with Crippen LogP contribution in [-0.2, 0) is 4.74 Å². The van der Waals surface area contributed by atoms with Crippen LogP contribution in [0.4, 0.5) is 5.69 Å². The second-order valence-corrected chi connectivity index (χ2v) is 3.94. The molecule has 3 nitrogen and oxygen atoms in total. The fourth-order valence-electron chi connectivity index (χ4n) is 2.25. The molecule has 0 unspecified atom stereocenters. The van der Waals surface area contributed by atoms with Gasteiger partial charge in [0.15, 0.2) is 0 Å². The lowest BCUT2D eigenvalue weighted by atomic mass is 10.1. The van der Waals surface area contributed by atoms with Crippen molar-refractivity contribution in [2.75, 3.05) is 31.2 Å². The average Bonchev–Trinajstić information content (AvgIpc) is 2.62. The van der Waals surface area contributed by atoms with Gasteiger partial charge in [0.2, 0.25) is 0 Å². The summed E-state index contributed by atoms with van der Waals surface area (Å²) in [5.41, 5.74) is 1.39. The Labute approximate surface area is 83.7 Å². The SMILES string of the molecule is c1ccc(N2CCNC23COC3)cc1. The van der Waals surface area contributed by atoms with Crippen LogP contribution in [0.5, 0.6) is 0 Å². The first kappa shape index (κ1) is 8.26. The standard InChI is InChI=1S/C11H14N2O/c1-2-4-10(5-3-1)13-7-6-12-11(13)8-14-9-11/h1-5,12H,6-9H2. The summed E-state index contributed by atoms with van der Waals surface area (Å²) in [6.45, 7) is 3.75. The highest BCUT2D eigenvalue weighted by Gasteiger charge is 2.47. The number of rotatable bonds is 1. The Morgan fingerprint density at radius 3 is 2.64 bits per heavy atom. The highest BCUT2D eigenvalue weighted by atomic mass is 16.5. The molecular weight excluding hydrogens is 176 g/mol. The van der Waals surface area contributed by atoms with Gasteiger partial charge in [0, 0.05) is 18.8 Å². The van der Waals surface area contributed by atoms with Crippen molar-refractivity contribution in [3.8, 4) is 0 Å².